The van der Waals surface area contributed by atoms with Gasteiger partial charge in [-0.15, -0.1) is 0 Å². The standard InChI is InChI=1S/C8H19O3PS.Na/c1-7(2)5-10-12(9,13)11-6-8(3)4;/h7-8H,5-6H2,1-4H3,(H,9,13);/q;+1/p-1. The molecule has 80 valence electrons. The first kappa shape index (κ1) is 17.9. The Balaban J connectivity index is 0. The van der Waals surface area contributed by atoms with E-state index in [1.165, 1.54) is 0 Å². The molecule has 6 heteroatoms. The maximum absolute atomic E-state index is 11.4. The topological polar surface area (TPSA) is 41.5 Å². The van der Waals surface area contributed by atoms with Crippen LogP contribution in [0.2, 0.25) is 0 Å². The van der Waals surface area contributed by atoms with E-state index < -0.39 is 6.72 Å². The van der Waals surface area contributed by atoms with Gasteiger partial charge in [-0.1, -0.05) is 39.5 Å². The number of hydrogen-bond donors (Lipinski definition) is 0. The van der Waals surface area contributed by atoms with Gasteiger partial charge in [0.1, 0.15) is 6.72 Å². The van der Waals surface area contributed by atoms with E-state index in [-0.39, 0.29) is 29.6 Å². The van der Waals surface area contributed by atoms with E-state index in [1.807, 2.05) is 27.7 Å². The molecule has 0 N–H and O–H groups in total. The summed E-state index contributed by atoms with van der Waals surface area (Å²) in [6.45, 7) is 5.44. The molecule has 0 fully saturated rings. The smallest absolute Gasteiger partial charge is 0.780 e. The van der Waals surface area contributed by atoms with Gasteiger partial charge in [0.05, 0.1) is 13.2 Å². The molecule has 0 unspecified atom stereocenters. The minimum Gasteiger partial charge on any atom is -0.780 e. The minimum absolute atomic E-state index is 0. The molecule has 0 aromatic rings. The maximum Gasteiger partial charge on any atom is 1.00 e. The Kier molecular flexibility index (Phi) is 11.1. The van der Waals surface area contributed by atoms with Crippen molar-refractivity contribution >= 4 is 18.5 Å². The molecule has 0 aliphatic carbocycles. The van der Waals surface area contributed by atoms with Crippen molar-refractivity contribution in [2.75, 3.05) is 13.2 Å². The molecule has 0 aliphatic heterocycles. The molecule has 0 bridgehead atoms. The summed E-state index contributed by atoms with van der Waals surface area (Å²) in [5, 5.41) is 0. The molecular formula is C8H18NaO3PS. The van der Waals surface area contributed by atoms with Crippen LogP contribution in [-0.2, 0) is 20.9 Å². The fourth-order valence-electron chi connectivity index (χ4n) is 0.518. The van der Waals surface area contributed by atoms with Crippen LogP contribution in [0.5, 0.6) is 0 Å². The summed E-state index contributed by atoms with van der Waals surface area (Å²) >= 11 is 4.69. The Hall–Kier alpha value is 1.53. The third-order valence-corrected chi connectivity index (χ3v) is 2.70. The summed E-state index contributed by atoms with van der Waals surface area (Å²) in [6.07, 6.45) is 0. The Bertz CT molecular complexity index is 171. The number of hydrogen-bond acceptors (Lipinski definition) is 4. The van der Waals surface area contributed by atoms with E-state index >= 15 is 0 Å². The average Bonchev–Trinajstić information content (AvgIpc) is 1.98. The zero-order chi connectivity index (χ0) is 10.5. The molecular weight excluding hydrogens is 230 g/mol. The molecule has 0 saturated heterocycles. The zero-order valence-corrected chi connectivity index (χ0v) is 13.4. The summed E-state index contributed by atoms with van der Waals surface area (Å²) in [7, 11) is 0. The first-order chi connectivity index (χ1) is 5.83. The van der Waals surface area contributed by atoms with Crippen LogP contribution in [0.15, 0.2) is 0 Å². The molecule has 0 saturated carbocycles. The maximum atomic E-state index is 11.4. The summed E-state index contributed by atoms with van der Waals surface area (Å²) in [5.41, 5.74) is 0. The fraction of sp³-hybridized carbons (Fsp3) is 1.00. The van der Waals surface area contributed by atoms with Crippen molar-refractivity contribution in [1.82, 2.24) is 0 Å². The van der Waals surface area contributed by atoms with Crippen LogP contribution in [0, 0.1) is 11.8 Å². The first-order valence-electron chi connectivity index (χ1n) is 4.43. The van der Waals surface area contributed by atoms with Crippen LogP contribution < -0.4 is 34.5 Å². The van der Waals surface area contributed by atoms with Crippen LogP contribution in [0.3, 0.4) is 0 Å². The predicted octanol–water partition coefficient (Wildman–Crippen LogP) is -1.08. The Morgan fingerprint density at radius 2 is 1.36 bits per heavy atom. The zero-order valence-electron chi connectivity index (χ0n) is 9.65. The second-order valence-corrected chi connectivity index (χ2v) is 6.58. The van der Waals surface area contributed by atoms with Crippen LogP contribution in [0.4, 0.5) is 0 Å². The second-order valence-electron chi connectivity index (χ2n) is 3.83. The van der Waals surface area contributed by atoms with E-state index in [9.17, 15) is 4.89 Å². The third-order valence-electron chi connectivity index (χ3n) is 1.13. The van der Waals surface area contributed by atoms with Crippen molar-refractivity contribution in [3.05, 3.63) is 0 Å². The fourth-order valence-corrected chi connectivity index (χ4v) is 1.92. The molecule has 0 amide bonds. The molecule has 0 aromatic carbocycles. The molecule has 0 aromatic heterocycles. The first-order valence-corrected chi connectivity index (χ1v) is 6.99. The van der Waals surface area contributed by atoms with Crippen molar-refractivity contribution < 1.29 is 43.5 Å². The Labute approximate surface area is 114 Å². The molecule has 14 heavy (non-hydrogen) atoms. The minimum atomic E-state index is -3.22. The molecule has 3 nitrogen and oxygen atoms in total. The van der Waals surface area contributed by atoms with E-state index in [0.717, 1.165) is 0 Å². The molecule has 0 rings (SSSR count). The van der Waals surface area contributed by atoms with E-state index in [1.54, 1.807) is 0 Å². The third kappa shape index (κ3) is 11.6. The average molecular weight is 248 g/mol. The quantitative estimate of drug-likeness (QED) is 0.443. The van der Waals surface area contributed by atoms with Gasteiger partial charge in [-0.2, -0.15) is 0 Å². The molecule has 0 atom stereocenters. The van der Waals surface area contributed by atoms with E-state index in [0.29, 0.717) is 25.0 Å². The van der Waals surface area contributed by atoms with Gasteiger partial charge in [-0.3, -0.25) is 0 Å². The van der Waals surface area contributed by atoms with Gasteiger partial charge < -0.3 is 13.9 Å². The van der Waals surface area contributed by atoms with Gasteiger partial charge in [0.15, 0.2) is 0 Å². The van der Waals surface area contributed by atoms with Gasteiger partial charge in [-0.05, 0) is 11.8 Å². The molecule has 0 aliphatic rings. The van der Waals surface area contributed by atoms with Crippen LogP contribution in [0.1, 0.15) is 27.7 Å². The summed E-state index contributed by atoms with van der Waals surface area (Å²) in [6, 6.07) is 0. The summed E-state index contributed by atoms with van der Waals surface area (Å²) in [4.78, 5) is 11.4. The van der Waals surface area contributed by atoms with Gasteiger partial charge in [0.25, 0.3) is 0 Å². The largest absolute Gasteiger partial charge is 1.00 e. The van der Waals surface area contributed by atoms with Gasteiger partial charge in [0.2, 0.25) is 0 Å². The monoisotopic (exact) mass is 248 g/mol. The Morgan fingerprint density at radius 3 is 1.57 bits per heavy atom. The number of rotatable bonds is 6. The van der Waals surface area contributed by atoms with Crippen LogP contribution in [0.25, 0.3) is 0 Å². The molecule has 0 radical (unpaired) electrons. The summed E-state index contributed by atoms with van der Waals surface area (Å²) < 4.78 is 9.98. The second kappa shape index (κ2) is 8.66. The van der Waals surface area contributed by atoms with Gasteiger partial charge in [0, 0.05) is 0 Å². The predicted molar refractivity (Wildman–Crippen MR) is 55.9 cm³/mol. The van der Waals surface area contributed by atoms with Gasteiger partial charge in [-0.25, -0.2) is 0 Å². The molecule has 0 heterocycles. The normalized spacial score (nSPS) is 11.9. The summed E-state index contributed by atoms with van der Waals surface area (Å²) in [5.74, 6) is 0.637. The van der Waals surface area contributed by atoms with Crippen molar-refractivity contribution in [2.24, 2.45) is 11.8 Å². The van der Waals surface area contributed by atoms with Gasteiger partial charge >= 0.3 is 29.6 Å². The molecule has 0 spiro atoms. The van der Waals surface area contributed by atoms with E-state index in [2.05, 4.69) is 0 Å². The van der Waals surface area contributed by atoms with Crippen molar-refractivity contribution in [3.63, 3.8) is 0 Å². The Morgan fingerprint density at radius 1 is 1.07 bits per heavy atom. The van der Waals surface area contributed by atoms with Crippen molar-refractivity contribution in [3.8, 4) is 0 Å². The SMILES string of the molecule is CC(C)COP([O-])(=S)OCC(C)C.[Na+]. The van der Waals surface area contributed by atoms with Crippen molar-refractivity contribution in [1.29, 1.82) is 0 Å². The van der Waals surface area contributed by atoms with Crippen LogP contribution >= 0.6 is 6.72 Å². The van der Waals surface area contributed by atoms with Crippen LogP contribution in [-0.4, -0.2) is 13.2 Å². The van der Waals surface area contributed by atoms with E-state index in [4.69, 9.17) is 20.9 Å². The van der Waals surface area contributed by atoms with Crippen molar-refractivity contribution in [2.45, 2.75) is 27.7 Å².